The SMILES string of the molecule is Cc1ccnc(Cl)c1NCc1cnn(-c2ccccc2)c1. The zero-order valence-electron chi connectivity index (χ0n) is 11.6. The number of nitrogens with one attached hydrogen (secondary N) is 1. The number of para-hydroxylation sites is 1. The minimum atomic E-state index is 0.491. The van der Waals surface area contributed by atoms with Gasteiger partial charge in [-0.1, -0.05) is 29.8 Å². The standard InChI is InChI=1S/C16H15ClN4/c1-12-7-8-18-16(17)15(12)19-9-13-10-20-21(11-13)14-5-3-2-4-6-14/h2-8,10-11,19H,9H2,1H3. The molecule has 3 rings (SSSR count). The number of aryl methyl sites for hydroxylation is 1. The van der Waals surface area contributed by atoms with Crippen molar-refractivity contribution in [3.8, 4) is 5.69 Å². The van der Waals surface area contributed by atoms with E-state index in [-0.39, 0.29) is 0 Å². The van der Waals surface area contributed by atoms with E-state index >= 15 is 0 Å². The first-order chi connectivity index (χ1) is 10.2. The molecule has 3 aromatic rings. The highest BCUT2D eigenvalue weighted by atomic mass is 35.5. The van der Waals surface area contributed by atoms with Crippen LogP contribution in [0.1, 0.15) is 11.1 Å². The van der Waals surface area contributed by atoms with Gasteiger partial charge in [0.15, 0.2) is 5.15 Å². The molecule has 21 heavy (non-hydrogen) atoms. The fourth-order valence-electron chi connectivity index (χ4n) is 2.10. The molecule has 2 heterocycles. The molecule has 0 aliphatic rings. The predicted molar refractivity (Wildman–Crippen MR) is 84.9 cm³/mol. The average Bonchev–Trinajstić information content (AvgIpc) is 2.97. The van der Waals surface area contributed by atoms with Gasteiger partial charge in [0.05, 0.1) is 17.6 Å². The molecule has 1 aromatic carbocycles. The molecule has 1 N–H and O–H groups in total. The normalized spacial score (nSPS) is 10.6. The van der Waals surface area contributed by atoms with Crippen LogP contribution in [0.25, 0.3) is 5.69 Å². The van der Waals surface area contributed by atoms with E-state index in [1.165, 1.54) is 0 Å². The number of rotatable bonds is 4. The summed E-state index contributed by atoms with van der Waals surface area (Å²) in [6, 6.07) is 11.9. The third-order valence-corrected chi connectivity index (χ3v) is 3.53. The molecule has 0 unspecified atom stereocenters. The van der Waals surface area contributed by atoms with Gasteiger partial charge in [0.1, 0.15) is 0 Å². The lowest BCUT2D eigenvalue weighted by atomic mass is 10.2. The minimum absolute atomic E-state index is 0.491. The van der Waals surface area contributed by atoms with Crippen LogP contribution in [0.4, 0.5) is 5.69 Å². The van der Waals surface area contributed by atoms with Gasteiger partial charge in [-0.05, 0) is 30.7 Å². The summed E-state index contributed by atoms with van der Waals surface area (Å²) in [7, 11) is 0. The van der Waals surface area contributed by atoms with E-state index in [0.29, 0.717) is 11.7 Å². The summed E-state index contributed by atoms with van der Waals surface area (Å²) >= 11 is 6.10. The van der Waals surface area contributed by atoms with Crippen LogP contribution in [-0.4, -0.2) is 14.8 Å². The zero-order chi connectivity index (χ0) is 14.7. The quantitative estimate of drug-likeness (QED) is 0.744. The molecule has 5 heteroatoms. The molecule has 2 aromatic heterocycles. The predicted octanol–water partition coefficient (Wildman–Crippen LogP) is 3.84. The molecule has 0 fully saturated rings. The Morgan fingerprint density at radius 1 is 1.19 bits per heavy atom. The molecule has 0 saturated carbocycles. The maximum absolute atomic E-state index is 6.10. The molecule has 0 bridgehead atoms. The maximum Gasteiger partial charge on any atom is 0.152 e. The van der Waals surface area contributed by atoms with Gasteiger partial charge in [-0.3, -0.25) is 0 Å². The van der Waals surface area contributed by atoms with Crippen molar-refractivity contribution < 1.29 is 0 Å². The van der Waals surface area contributed by atoms with Crippen LogP contribution in [0.5, 0.6) is 0 Å². The van der Waals surface area contributed by atoms with Gasteiger partial charge in [-0.15, -0.1) is 0 Å². The van der Waals surface area contributed by atoms with Crippen LogP contribution < -0.4 is 5.32 Å². The van der Waals surface area contributed by atoms with Crippen molar-refractivity contribution in [1.29, 1.82) is 0 Å². The summed E-state index contributed by atoms with van der Waals surface area (Å²) in [6.07, 6.45) is 5.55. The number of pyridine rings is 1. The van der Waals surface area contributed by atoms with Gasteiger partial charge < -0.3 is 5.32 Å². The van der Waals surface area contributed by atoms with Crippen molar-refractivity contribution >= 4 is 17.3 Å². The van der Waals surface area contributed by atoms with Crippen LogP contribution in [0.2, 0.25) is 5.15 Å². The Bertz CT molecular complexity index is 717. The lowest BCUT2D eigenvalue weighted by molar-refractivity contribution is 0.880. The van der Waals surface area contributed by atoms with Crippen LogP contribution in [0.3, 0.4) is 0 Å². The van der Waals surface area contributed by atoms with Gasteiger partial charge in [-0.25, -0.2) is 9.67 Å². The third kappa shape index (κ3) is 3.06. The zero-order valence-corrected chi connectivity index (χ0v) is 12.4. The molecule has 0 saturated heterocycles. The van der Waals surface area contributed by atoms with Crippen molar-refractivity contribution in [1.82, 2.24) is 14.8 Å². The van der Waals surface area contributed by atoms with E-state index in [1.807, 2.05) is 60.4 Å². The number of hydrogen-bond donors (Lipinski definition) is 1. The van der Waals surface area contributed by atoms with E-state index < -0.39 is 0 Å². The van der Waals surface area contributed by atoms with E-state index in [2.05, 4.69) is 15.4 Å². The first-order valence-corrected chi connectivity index (χ1v) is 7.06. The van der Waals surface area contributed by atoms with Crippen LogP contribution in [-0.2, 0) is 6.54 Å². The molecule has 0 aliphatic heterocycles. The highest BCUT2D eigenvalue weighted by Crippen LogP contribution is 2.23. The number of anilines is 1. The summed E-state index contributed by atoms with van der Waals surface area (Å²) in [5.41, 5.74) is 4.06. The van der Waals surface area contributed by atoms with Crippen molar-refractivity contribution in [2.75, 3.05) is 5.32 Å². The summed E-state index contributed by atoms with van der Waals surface area (Å²) in [5.74, 6) is 0. The molecule has 0 amide bonds. The van der Waals surface area contributed by atoms with Crippen LogP contribution in [0, 0.1) is 6.92 Å². The number of aromatic nitrogens is 3. The molecular weight excluding hydrogens is 284 g/mol. The van der Waals surface area contributed by atoms with Crippen LogP contribution >= 0.6 is 11.6 Å². The molecule has 0 aliphatic carbocycles. The second kappa shape index (κ2) is 5.97. The topological polar surface area (TPSA) is 42.7 Å². The van der Waals surface area contributed by atoms with E-state index in [1.54, 1.807) is 6.20 Å². The Kier molecular flexibility index (Phi) is 3.88. The Labute approximate surface area is 128 Å². The highest BCUT2D eigenvalue weighted by molar-refractivity contribution is 6.32. The number of halogens is 1. The van der Waals surface area contributed by atoms with Crippen LogP contribution in [0.15, 0.2) is 55.0 Å². The van der Waals surface area contributed by atoms with Crippen molar-refractivity contribution in [2.45, 2.75) is 13.5 Å². The smallest absolute Gasteiger partial charge is 0.152 e. The van der Waals surface area contributed by atoms with E-state index in [9.17, 15) is 0 Å². The highest BCUT2D eigenvalue weighted by Gasteiger charge is 2.06. The number of nitrogens with zero attached hydrogens (tertiary/aromatic N) is 3. The van der Waals surface area contributed by atoms with Crippen molar-refractivity contribution in [3.05, 3.63) is 71.3 Å². The summed E-state index contributed by atoms with van der Waals surface area (Å²) in [6.45, 7) is 2.66. The van der Waals surface area contributed by atoms with Crippen molar-refractivity contribution in [3.63, 3.8) is 0 Å². The average molecular weight is 299 g/mol. The second-order valence-electron chi connectivity index (χ2n) is 4.78. The Balaban J connectivity index is 1.74. The van der Waals surface area contributed by atoms with Gasteiger partial charge in [0, 0.05) is 24.5 Å². The summed E-state index contributed by atoms with van der Waals surface area (Å²) in [5, 5.41) is 8.18. The van der Waals surface area contributed by atoms with E-state index in [0.717, 1.165) is 22.5 Å². The van der Waals surface area contributed by atoms with Gasteiger partial charge in [0.2, 0.25) is 0 Å². The lowest BCUT2D eigenvalue weighted by Gasteiger charge is -2.09. The molecule has 4 nitrogen and oxygen atoms in total. The fraction of sp³-hybridized carbons (Fsp3) is 0.125. The monoisotopic (exact) mass is 298 g/mol. The lowest BCUT2D eigenvalue weighted by Crippen LogP contribution is -2.02. The van der Waals surface area contributed by atoms with Gasteiger partial charge in [0.25, 0.3) is 0 Å². The first kappa shape index (κ1) is 13.6. The van der Waals surface area contributed by atoms with E-state index in [4.69, 9.17) is 11.6 Å². The molecule has 0 spiro atoms. The summed E-state index contributed by atoms with van der Waals surface area (Å²) in [4.78, 5) is 4.09. The first-order valence-electron chi connectivity index (χ1n) is 6.68. The number of hydrogen-bond acceptors (Lipinski definition) is 3. The Hall–Kier alpha value is -2.33. The second-order valence-corrected chi connectivity index (χ2v) is 5.13. The molecule has 0 atom stereocenters. The molecular formula is C16H15ClN4. The van der Waals surface area contributed by atoms with Crippen molar-refractivity contribution in [2.24, 2.45) is 0 Å². The summed E-state index contributed by atoms with van der Waals surface area (Å²) < 4.78 is 1.86. The maximum atomic E-state index is 6.10. The Morgan fingerprint density at radius 2 is 2.00 bits per heavy atom. The fourth-order valence-corrected chi connectivity index (χ4v) is 2.37. The van der Waals surface area contributed by atoms with Gasteiger partial charge >= 0.3 is 0 Å². The molecule has 0 radical (unpaired) electrons. The third-order valence-electron chi connectivity index (χ3n) is 3.24. The minimum Gasteiger partial charge on any atom is -0.378 e. The largest absolute Gasteiger partial charge is 0.378 e. The number of benzene rings is 1. The molecule has 106 valence electrons. The van der Waals surface area contributed by atoms with Gasteiger partial charge in [-0.2, -0.15) is 5.10 Å². The Morgan fingerprint density at radius 3 is 2.76 bits per heavy atom.